The van der Waals surface area contributed by atoms with E-state index in [1.165, 1.54) is 5.56 Å². The van der Waals surface area contributed by atoms with Gasteiger partial charge in [0, 0.05) is 0 Å². The van der Waals surface area contributed by atoms with Crippen LogP contribution in [0, 0.1) is 0 Å². The number of hydrogen-bond donors (Lipinski definition) is 1. The molecule has 0 fully saturated rings. The predicted molar refractivity (Wildman–Crippen MR) is 68.9 cm³/mol. The smallest absolute Gasteiger partial charge is 0.120 e. The van der Waals surface area contributed by atoms with Crippen LogP contribution < -0.4 is 10.5 Å². The fraction of sp³-hybridized carbons (Fsp3) is 0.571. The maximum absolute atomic E-state index is 5.77. The number of nitrogens with two attached hydrogens (primary N) is 1. The second-order valence-corrected chi connectivity index (χ2v) is 5.12. The van der Waals surface area contributed by atoms with Gasteiger partial charge in [0.15, 0.2) is 0 Å². The van der Waals surface area contributed by atoms with E-state index in [-0.39, 0.29) is 5.60 Å². The van der Waals surface area contributed by atoms with Crippen molar-refractivity contribution in [3.05, 3.63) is 29.8 Å². The first-order valence-electron chi connectivity index (χ1n) is 5.95. The minimum Gasteiger partial charge on any atom is -0.488 e. The number of ether oxygens (including phenoxy) is 1. The minimum atomic E-state index is -0.139. The molecule has 1 atom stereocenters. The van der Waals surface area contributed by atoms with E-state index in [1.807, 2.05) is 12.1 Å². The molecule has 0 bridgehead atoms. The lowest BCUT2D eigenvalue weighted by atomic mass is 9.97. The second-order valence-electron chi connectivity index (χ2n) is 5.12. The van der Waals surface area contributed by atoms with Gasteiger partial charge in [-0.3, -0.25) is 0 Å². The van der Waals surface area contributed by atoms with Crippen LogP contribution in [0.25, 0.3) is 0 Å². The molecule has 0 radical (unpaired) electrons. The molecule has 0 aliphatic heterocycles. The average Bonchev–Trinajstić information content (AvgIpc) is 2.20. The normalized spacial score (nSPS) is 13.6. The highest BCUT2D eigenvalue weighted by molar-refractivity contribution is 5.30. The molecule has 2 heteroatoms. The monoisotopic (exact) mass is 221 g/mol. The summed E-state index contributed by atoms with van der Waals surface area (Å²) in [6.07, 6.45) is 1.08. The molecular weight excluding hydrogens is 198 g/mol. The Morgan fingerprint density at radius 2 is 1.75 bits per heavy atom. The van der Waals surface area contributed by atoms with Crippen molar-refractivity contribution in [1.29, 1.82) is 0 Å². The number of rotatable bonds is 4. The first kappa shape index (κ1) is 13.0. The molecule has 0 saturated heterocycles. The molecule has 1 unspecified atom stereocenters. The third-order valence-corrected chi connectivity index (χ3v) is 2.55. The van der Waals surface area contributed by atoms with Gasteiger partial charge in [-0.05, 0) is 57.4 Å². The van der Waals surface area contributed by atoms with Crippen molar-refractivity contribution in [1.82, 2.24) is 0 Å². The quantitative estimate of drug-likeness (QED) is 0.846. The zero-order valence-corrected chi connectivity index (χ0v) is 10.8. The van der Waals surface area contributed by atoms with Gasteiger partial charge < -0.3 is 10.5 Å². The third-order valence-electron chi connectivity index (χ3n) is 2.55. The van der Waals surface area contributed by atoms with Crippen molar-refractivity contribution in [3.63, 3.8) is 0 Å². The summed E-state index contributed by atoms with van der Waals surface area (Å²) >= 11 is 0. The Kier molecular flexibility index (Phi) is 4.36. The molecule has 1 aromatic rings. The summed E-state index contributed by atoms with van der Waals surface area (Å²) in [5.41, 5.74) is 6.88. The molecule has 1 aromatic carbocycles. The van der Waals surface area contributed by atoms with E-state index in [4.69, 9.17) is 10.5 Å². The highest BCUT2D eigenvalue weighted by Crippen LogP contribution is 2.23. The highest BCUT2D eigenvalue weighted by atomic mass is 16.5. The lowest BCUT2D eigenvalue weighted by molar-refractivity contribution is 0.131. The van der Waals surface area contributed by atoms with Crippen molar-refractivity contribution in [3.8, 4) is 5.75 Å². The molecule has 0 aliphatic rings. The zero-order valence-electron chi connectivity index (χ0n) is 10.8. The summed E-state index contributed by atoms with van der Waals surface area (Å²) < 4.78 is 5.77. The molecule has 1 rings (SSSR count). The molecule has 2 N–H and O–H groups in total. The molecule has 0 saturated carbocycles. The fourth-order valence-corrected chi connectivity index (χ4v) is 1.70. The van der Waals surface area contributed by atoms with Gasteiger partial charge in [-0.15, -0.1) is 0 Å². The van der Waals surface area contributed by atoms with E-state index in [0.29, 0.717) is 12.5 Å². The second kappa shape index (κ2) is 5.35. The van der Waals surface area contributed by atoms with E-state index in [2.05, 4.69) is 39.8 Å². The molecule has 90 valence electrons. The van der Waals surface area contributed by atoms with E-state index in [0.717, 1.165) is 12.2 Å². The van der Waals surface area contributed by atoms with Crippen LogP contribution in [-0.2, 0) is 0 Å². The Labute approximate surface area is 98.8 Å². The summed E-state index contributed by atoms with van der Waals surface area (Å²) in [4.78, 5) is 0. The van der Waals surface area contributed by atoms with Gasteiger partial charge >= 0.3 is 0 Å². The van der Waals surface area contributed by atoms with Crippen LogP contribution in [0.15, 0.2) is 24.3 Å². The lowest BCUT2D eigenvalue weighted by Crippen LogP contribution is -2.22. The van der Waals surface area contributed by atoms with E-state index in [1.54, 1.807) is 0 Å². The molecule has 0 aliphatic carbocycles. The molecular formula is C14H23NO. The van der Waals surface area contributed by atoms with Gasteiger partial charge in [-0.25, -0.2) is 0 Å². The molecule has 2 nitrogen and oxygen atoms in total. The SMILES string of the molecule is CCC(CN)c1ccc(OC(C)(C)C)cc1. The first-order chi connectivity index (χ1) is 7.46. The first-order valence-corrected chi connectivity index (χ1v) is 5.95. The molecule has 16 heavy (non-hydrogen) atoms. The van der Waals surface area contributed by atoms with E-state index >= 15 is 0 Å². The lowest BCUT2D eigenvalue weighted by Gasteiger charge is -2.22. The van der Waals surface area contributed by atoms with Crippen LogP contribution in [0.5, 0.6) is 5.75 Å². The average molecular weight is 221 g/mol. The Bertz CT molecular complexity index is 307. The summed E-state index contributed by atoms with van der Waals surface area (Å²) in [7, 11) is 0. The van der Waals surface area contributed by atoms with Gasteiger partial charge in [0.2, 0.25) is 0 Å². The van der Waals surface area contributed by atoms with Crippen molar-refractivity contribution in [2.24, 2.45) is 5.73 Å². The topological polar surface area (TPSA) is 35.2 Å². The van der Waals surface area contributed by atoms with Gasteiger partial charge in [-0.2, -0.15) is 0 Å². The van der Waals surface area contributed by atoms with Crippen molar-refractivity contribution >= 4 is 0 Å². The standard InChI is InChI=1S/C14H23NO/c1-5-11(10-15)12-6-8-13(9-7-12)16-14(2,3)4/h6-9,11H,5,10,15H2,1-4H3. The van der Waals surface area contributed by atoms with E-state index < -0.39 is 0 Å². The Balaban J connectivity index is 2.75. The summed E-state index contributed by atoms with van der Waals surface area (Å²) in [5, 5.41) is 0. The maximum Gasteiger partial charge on any atom is 0.120 e. The molecule has 0 aromatic heterocycles. The van der Waals surface area contributed by atoms with Crippen molar-refractivity contribution in [2.75, 3.05) is 6.54 Å². The van der Waals surface area contributed by atoms with Crippen LogP contribution >= 0.6 is 0 Å². The van der Waals surface area contributed by atoms with E-state index in [9.17, 15) is 0 Å². The molecule has 0 spiro atoms. The van der Waals surface area contributed by atoms with Crippen LogP contribution in [0.3, 0.4) is 0 Å². The largest absolute Gasteiger partial charge is 0.488 e. The van der Waals surface area contributed by atoms with Crippen LogP contribution in [0.1, 0.15) is 45.6 Å². The highest BCUT2D eigenvalue weighted by Gasteiger charge is 2.12. The van der Waals surface area contributed by atoms with Gasteiger partial charge in [0.25, 0.3) is 0 Å². The Morgan fingerprint density at radius 1 is 1.19 bits per heavy atom. The third kappa shape index (κ3) is 3.86. The van der Waals surface area contributed by atoms with Gasteiger partial charge in [0.05, 0.1) is 0 Å². The fourth-order valence-electron chi connectivity index (χ4n) is 1.70. The molecule has 0 heterocycles. The zero-order chi connectivity index (χ0) is 12.2. The number of hydrogen-bond acceptors (Lipinski definition) is 2. The van der Waals surface area contributed by atoms with Crippen LogP contribution in [0.4, 0.5) is 0 Å². The number of benzene rings is 1. The van der Waals surface area contributed by atoms with Gasteiger partial charge in [-0.1, -0.05) is 19.1 Å². The van der Waals surface area contributed by atoms with Crippen LogP contribution in [0.2, 0.25) is 0 Å². The minimum absolute atomic E-state index is 0.139. The maximum atomic E-state index is 5.77. The van der Waals surface area contributed by atoms with Crippen molar-refractivity contribution in [2.45, 2.75) is 45.6 Å². The summed E-state index contributed by atoms with van der Waals surface area (Å²) in [6.45, 7) is 9.02. The summed E-state index contributed by atoms with van der Waals surface area (Å²) in [5.74, 6) is 1.38. The Hall–Kier alpha value is -1.02. The summed E-state index contributed by atoms with van der Waals surface area (Å²) in [6, 6.07) is 8.28. The predicted octanol–water partition coefficient (Wildman–Crippen LogP) is 3.32. The van der Waals surface area contributed by atoms with Crippen LogP contribution in [-0.4, -0.2) is 12.1 Å². The molecule has 0 amide bonds. The van der Waals surface area contributed by atoms with Crippen molar-refractivity contribution < 1.29 is 4.74 Å². The Morgan fingerprint density at radius 3 is 2.12 bits per heavy atom. The van der Waals surface area contributed by atoms with Gasteiger partial charge in [0.1, 0.15) is 11.4 Å².